The van der Waals surface area contributed by atoms with E-state index in [1.165, 1.54) is 17.5 Å². The average molecular weight is 139 g/mol. The van der Waals surface area contributed by atoms with Crippen LogP contribution in [0.15, 0.2) is 10.8 Å². The van der Waals surface area contributed by atoms with Crippen LogP contribution < -0.4 is 5.73 Å². The normalized spacial score (nSPS) is 24.3. The largest absolute Gasteiger partial charge is 0.324 e. The van der Waals surface area contributed by atoms with Gasteiger partial charge in [0.2, 0.25) is 0 Å². The van der Waals surface area contributed by atoms with Gasteiger partial charge in [-0.05, 0) is 34.7 Å². The van der Waals surface area contributed by atoms with Crippen LogP contribution >= 0.6 is 11.3 Å². The summed E-state index contributed by atoms with van der Waals surface area (Å²) in [5.41, 5.74) is 8.67. The lowest BCUT2D eigenvalue weighted by Gasteiger charge is -1.97. The van der Waals surface area contributed by atoms with Crippen LogP contribution in [0.1, 0.15) is 23.6 Å². The predicted molar refractivity (Wildman–Crippen MR) is 39.6 cm³/mol. The fourth-order valence-electron chi connectivity index (χ4n) is 1.33. The highest BCUT2D eigenvalue weighted by molar-refractivity contribution is 7.08. The molecule has 1 aromatic rings. The Labute approximate surface area is 58.5 Å². The van der Waals surface area contributed by atoms with E-state index in [9.17, 15) is 0 Å². The lowest BCUT2D eigenvalue weighted by atomic mass is 10.2. The number of rotatable bonds is 0. The molecule has 0 radical (unpaired) electrons. The summed E-state index contributed by atoms with van der Waals surface area (Å²) >= 11 is 1.77. The van der Waals surface area contributed by atoms with Gasteiger partial charge in [-0.3, -0.25) is 0 Å². The van der Waals surface area contributed by atoms with Crippen LogP contribution in [0.4, 0.5) is 0 Å². The van der Waals surface area contributed by atoms with E-state index in [4.69, 9.17) is 5.73 Å². The van der Waals surface area contributed by atoms with Gasteiger partial charge in [-0.1, -0.05) is 0 Å². The Morgan fingerprint density at radius 3 is 3.22 bits per heavy atom. The molecule has 1 nitrogen and oxygen atoms in total. The molecule has 0 saturated heterocycles. The smallest absolute Gasteiger partial charge is 0.0309 e. The van der Waals surface area contributed by atoms with E-state index in [0.29, 0.717) is 6.04 Å². The topological polar surface area (TPSA) is 26.0 Å². The van der Waals surface area contributed by atoms with Crippen molar-refractivity contribution in [1.82, 2.24) is 0 Å². The van der Waals surface area contributed by atoms with Crippen molar-refractivity contribution in [3.05, 3.63) is 21.9 Å². The van der Waals surface area contributed by atoms with E-state index >= 15 is 0 Å². The molecule has 0 saturated carbocycles. The van der Waals surface area contributed by atoms with Crippen molar-refractivity contribution in [1.29, 1.82) is 0 Å². The molecular formula is C7H9NS. The van der Waals surface area contributed by atoms with Gasteiger partial charge in [-0.15, -0.1) is 0 Å². The van der Waals surface area contributed by atoms with Gasteiger partial charge in [-0.2, -0.15) is 11.3 Å². The van der Waals surface area contributed by atoms with Crippen molar-refractivity contribution in [2.45, 2.75) is 18.9 Å². The number of thiophene rings is 1. The predicted octanol–water partition coefficient (Wildman–Crippen LogP) is 1.69. The molecule has 0 amide bonds. The number of aryl methyl sites for hydroxylation is 1. The lowest BCUT2D eigenvalue weighted by Crippen LogP contribution is -2.03. The van der Waals surface area contributed by atoms with Crippen molar-refractivity contribution < 1.29 is 0 Å². The summed E-state index contributed by atoms with van der Waals surface area (Å²) in [6.07, 6.45) is 2.35. The molecule has 0 aliphatic heterocycles. The maximum absolute atomic E-state index is 5.80. The SMILES string of the molecule is NC1CCc2cscc21. The first-order valence-corrected chi connectivity index (χ1v) is 4.13. The van der Waals surface area contributed by atoms with Crippen LogP contribution in [-0.4, -0.2) is 0 Å². The van der Waals surface area contributed by atoms with E-state index in [0.717, 1.165) is 6.42 Å². The fraction of sp³-hybridized carbons (Fsp3) is 0.429. The van der Waals surface area contributed by atoms with E-state index in [1.54, 1.807) is 11.3 Å². The quantitative estimate of drug-likeness (QED) is 0.581. The standard InChI is InChI=1S/C7H9NS/c8-7-2-1-5-3-9-4-6(5)7/h3-4,7H,1-2,8H2. The van der Waals surface area contributed by atoms with Crippen LogP contribution in [0.3, 0.4) is 0 Å². The summed E-state index contributed by atoms with van der Waals surface area (Å²) in [7, 11) is 0. The average Bonchev–Trinajstić information content (AvgIpc) is 2.35. The Morgan fingerprint density at radius 1 is 1.56 bits per heavy atom. The molecule has 1 aliphatic carbocycles. The third-order valence-electron chi connectivity index (χ3n) is 1.90. The molecule has 1 atom stereocenters. The molecule has 1 aromatic heterocycles. The molecule has 1 aliphatic rings. The minimum atomic E-state index is 0.339. The molecule has 2 N–H and O–H groups in total. The van der Waals surface area contributed by atoms with Crippen molar-refractivity contribution >= 4 is 11.3 Å². The minimum Gasteiger partial charge on any atom is -0.324 e. The van der Waals surface area contributed by atoms with Crippen LogP contribution in [0.25, 0.3) is 0 Å². The maximum Gasteiger partial charge on any atom is 0.0309 e. The summed E-state index contributed by atoms with van der Waals surface area (Å²) < 4.78 is 0. The van der Waals surface area contributed by atoms with Gasteiger partial charge in [0.15, 0.2) is 0 Å². The zero-order valence-electron chi connectivity index (χ0n) is 5.13. The molecule has 1 heterocycles. The van der Waals surface area contributed by atoms with Crippen LogP contribution in [0, 0.1) is 0 Å². The molecule has 48 valence electrons. The summed E-state index contributed by atoms with van der Waals surface area (Å²) in [5.74, 6) is 0. The first-order valence-electron chi connectivity index (χ1n) is 3.18. The maximum atomic E-state index is 5.80. The lowest BCUT2D eigenvalue weighted by molar-refractivity contribution is 0.714. The molecule has 9 heavy (non-hydrogen) atoms. The highest BCUT2D eigenvalue weighted by Crippen LogP contribution is 2.31. The Kier molecular flexibility index (Phi) is 1.10. The zero-order valence-corrected chi connectivity index (χ0v) is 5.95. The van der Waals surface area contributed by atoms with Gasteiger partial charge in [-0.25, -0.2) is 0 Å². The highest BCUT2D eigenvalue weighted by Gasteiger charge is 2.18. The highest BCUT2D eigenvalue weighted by atomic mass is 32.1. The van der Waals surface area contributed by atoms with E-state index in [-0.39, 0.29) is 0 Å². The van der Waals surface area contributed by atoms with Gasteiger partial charge in [0.05, 0.1) is 0 Å². The number of fused-ring (bicyclic) bond motifs is 1. The third-order valence-corrected chi connectivity index (χ3v) is 2.71. The molecule has 2 rings (SSSR count). The molecular weight excluding hydrogens is 130 g/mol. The number of hydrogen-bond acceptors (Lipinski definition) is 2. The van der Waals surface area contributed by atoms with Gasteiger partial charge in [0.25, 0.3) is 0 Å². The summed E-state index contributed by atoms with van der Waals surface area (Å²) in [4.78, 5) is 0. The second-order valence-corrected chi connectivity index (χ2v) is 3.24. The van der Waals surface area contributed by atoms with Gasteiger partial charge in [0.1, 0.15) is 0 Å². The number of hydrogen-bond donors (Lipinski definition) is 1. The van der Waals surface area contributed by atoms with Gasteiger partial charge in [0, 0.05) is 6.04 Å². The Balaban J connectivity index is 2.49. The fourth-order valence-corrected chi connectivity index (χ4v) is 2.29. The molecule has 1 unspecified atom stereocenters. The Hall–Kier alpha value is -0.340. The molecule has 0 bridgehead atoms. The minimum absolute atomic E-state index is 0.339. The zero-order chi connectivity index (χ0) is 6.27. The molecule has 0 fully saturated rings. The first kappa shape index (κ1) is 5.45. The molecule has 2 heteroatoms. The summed E-state index contributed by atoms with van der Waals surface area (Å²) in [6, 6.07) is 0.339. The van der Waals surface area contributed by atoms with E-state index in [1.807, 2.05) is 0 Å². The van der Waals surface area contributed by atoms with Crippen molar-refractivity contribution in [2.75, 3.05) is 0 Å². The van der Waals surface area contributed by atoms with Crippen LogP contribution in [-0.2, 0) is 6.42 Å². The van der Waals surface area contributed by atoms with Crippen LogP contribution in [0.2, 0.25) is 0 Å². The van der Waals surface area contributed by atoms with Gasteiger partial charge >= 0.3 is 0 Å². The monoisotopic (exact) mass is 139 g/mol. The van der Waals surface area contributed by atoms with E-state index < -0.39 is 0 Å². The van der Waals surface area contributed by atoms with Crippen LogP contribution in [0.5, 0.6) is 0 Å². The molecule has 0 aromatic carbocycles. The second kappa shape index (κ2) is 1.82. The Morgan fingerprint density at radius 2 is 2.44 bits per heavy atom. The van der Waals surface area contributed by atoms with E-state index in [2.05, 4.69) is 10.8 Å². The summed E-state index contributed by atoms with van der Waals surface area (Å²) in [6.45, 7) is 0. The van der Waals surface area contributed by atoms with Gasteiger partial charge < -0.3 is 5.73 Å². The Bertz CT molecular complexity index is 216. The summed E-state index contributed by atoms with van der Waals surface area (Å²) in [5, 5.41) is 4.38. The second-order valence-electron chi connectivity index (χ2n) is 2.50. The first-order chi connectivity index (χ1) is 4.38. The van der Waals surface area contributed by atoms with Crippen molar-refractivity contribution in [3.8, 4) is 0 Å². The van der Waals surface area contributed by atoms with Crippen molar-refractivity contribution in [3.63, 3.8) is 0 Å². The number of nitrogens with two attached hydrogens (primary N) is 1. The third kappa shape index (κ3) is 0.705. The van der Waals surface area contributed by atoms with Crippen molar-refractivity contribution in [2.24, 2.45) is 5.73 Å². The molecule has 0 spiro atoms.